The third-order valence-corrected chi connectivity index (χ3v) is 2.49. The third-order valence-electron chi connectivity index (χ3n) is 2.14. The maximum Gasteiger partial charge on any atom is 0.106 e. The molecular weight excluding hydrogens is 212 g/mol. The molecule has 0 saturated heterocycles. The molecule has 4 heteroatoms. The summed E-state index contributed by atoms with van der Waals surface area (Å²) >= 11 is 6.05. The summed E-state index contributed by atoms with van der Waals surface area (Å²) in [5.41, 5.74) is 8.32. The molecule has 0 spiro atoms. The van der Waals surface area contributed by atoms with Gasteiger partial charge in [-0.25, -0.2) is 0 Å². The first-order valence-corrected chi connectivity index (χ1v) is 5.19. The van der Waals surface area contributed by atoms with Crippen LogP contribution in [0.4, 0.5) is 0 Å². The molecule has 0 unspecified atom stereocenters. The fraction of sp³-hybridized carbons (Fsp3) is 0.364. The van der Waals surface area contributed by atoms with Crippen LogP contribution in [-0.2, 0) is 11.4 Å². The molecule has 0 radical (unpaired) electrons. The number of halogens is 1. The van der Waals surface area contributed by atoms with Gasteiger partial charge in [-0.15, -0.1) is 0 Å². The normalized spacial score (nSPS) is 11.6. The second-order valence-electron chi connectivity index (χ2n) is 3.08. The van der Waals surface area contributed by atoms with Crippen LogP contribution >= 0.6 is 11.6 Å². The molecule has 1 aromatic carbocycles. The first-order chi connectivity index (χ1) is 7.22. The van der Waals surface area contributed by atoms with Crippen LogP contribution in [0.3, 0.4) is 0 Å². The van der Waals surface area contributed by atoms with Crippen LogP contribution in [0.25, 0.3) is 0 Å². The Kier molecular flexibility index (Phi) is 4.59. The number of rotatable bonds is 4. The number of hydrogen-bond acceptors (Lipinski definition) is 3. The molecule has 1 aromatic rings. The lowest BCUT2D eigenvalue weighted by atomic mass is 10.1. The van der Waals surface area contributed by atoms with Crippen molar-refractivity contribution in [2.75, 3.05) is 7.11 Å². The number of hydrogen-bond donors (Lipinski definition) is 1. The van der Waals surface area contributed by atoms with E-state index in [2.05, 4.69) is 5.16 Å². The van der Waals surface area contributed by atoms with Gasteiger partial charge in [0.25, 0.3) is 0 Å². The average Bonchev–Trinajstić information content (AvgIpc) is 2.25. The summed E-state index contributed by atoms with van der Waals surface area (Å²) in [5.74, 6) is 0. The van der Waals surface area contributed by atoms with Gasteiger partial charge in [-0.1, -0.05) is 35.8 Å². The Morgan fingerprint density at radius 3 is 2.73 bits per heavy atom. The molecule has 0 heterocycles. The second kappa shape index (κ2) is 5.73. The Balaban J connectivity index is 3.05. The van der Waals surface area contributed by atoms with Crippen molar-refractivity contribution in [3.63, 3.8) is 0 Å². The number of nitrogens with zero attached hydrogens (tertiary/aromatic N) is 1. The Bertz CT molecular complexity index is 364. The summed E-state index contributed by atoms with van der Waals surface area (Å²) in [7, 11) is 1.53. The zero-order valence-corrected chi connectivity index (χ0v) is 9.71. The van der Waals surface area contributed by atoms with E-state index in [9.17, 15) is 0 Å². The van der Waals surface area contributed by atoms with Gasteiger partial charge in [0, 0.05) is 17.1 Å². The third kappa shape index (κ3) is 2.94. The molecule has 3 nitrogen and oxygen atoms in total. The van der Waals surface area contributed by atoms with Gasteiger partial charge in [-0.05, 0) is 18.1 Å². The molecule has 15 heavy (non-hydrogen) atoms. The van der Waals surface area contributed by atoms with Crippen molar-refractivity contribution in [3.05, 3.63) is 34.3 Å². The van der Waals surface area contributed by atoms with Crippen LogP contribution in [0.15, 0.2) is 23.4 Å². The number of nitrogens with two attached hydrogens (primary N) is 1. The van der Waals surface area contributed by atoms with E-state index >= 15 is 0 Å². The quantitative estimate of drug-likeness (QED) is 0.634. The molecule has 0 fully saturated rings. The summed E-state index contributed by atoms with van der Waals surface area (Å²) in [6.07, 6.45) is 0.798. The molecule has 0 amide bonds. The topological polar surface area (TPSA) is 47.6 Å². The molecule has 0 aliphatic carbocycles. The molecular formula is C11H15ClN2O. The van der Waals surface area contributed by atoms with Crippen LogP contribution in [0.5, 0.6) is 0 Å². The fourth-order valence-electron chi connectivity index (χ4n) is 1.32. The van der Waals surface area contributed by atoms with Gasteiger partial charge < -0.3 is 10.6 Å². The fourth-order valence-corrected chi connectivity index (χ4v) is 1.58. The lowest BCUT2D eigenvalue weighted by molar-refractivity contribution is 0.213. The summed E-state index contributed by atoms with van der Waals surface area (Å²) in [4.78, 5) is 4.77. The van der Waals surface area contributed by atoms with Gasteiger partial charge in [-0.3, -0.25) is 0 Å². The maximum atomic E-state index is 6.05. The number of benzene rings is 1. The first kappa shape index (κ1) is 12.0. The van der Waals surface area contributed by atoms with Crippen molar-refractivity contribution in [3.8, 4) is 0 Å². The zero-order chi connectivity index (χ0) is 11.3. The standard InChI is InChI=1S/C11H15ClN2O/c1-3-11(14-15-2)8-4-5-9(7-13)10(12)6-8/h4-6H,3,7,13H2,1-2H3. The van der Waals surface area contributed by atoms with Crippen LogP contribution in [0.1, 0.15) is 24.5 Å². The largest absolute Gasteiger partial charge is 0.399 e. The van der Waals surface area contributed by atoms with Gasteiger partial charge in [-0.2, -0.15) is 0 Å². The van der Waals surface area contributed by atoms with Crippen LogP contribution in [0, 0.1) is 0 Å². The van der Waals surface area contributed by atoms with Crippen molar-refractivity contribution in [2.24, 2.45) is 10.9 Å². The Hall–Kier alpha value is -1.06. The van der Waals surface area contributed by atoms with E-state index in [1.807, 2.05) is 25.1 Å². The molecule has 0 aliphatic rings. The van der Waals surface area contributed by atoms with Crippen molar-refractivity contribution in [1.29, 1.82) is 0 Å². The Labute approximate surface area is 94.9 Å². The Morgan fingerprint density at radius 2 is 2.27 bits per heavy atom. The van der Waals surface area contributed by atoms with Crippen molar-refractivity contribution in [2.45, 2.75) is 19.9 Å². The molecule has 0 atom stereocenters. The molecule has 0 aromatic heterocycles. The highest BCUT2D eigenvalue weighted by Gasteiger charge is 2.05. The predicted molar refractivity (Wildman–Crippen MR) is 63.2 cm³/mol. The van der Waals surface area contributed by atoms with Crippen molar-refractivity contribution < 1.29 is 4.84 Å². The monoisotopic (exact) mass is 226 g/mol. The summed E-state index contributed by atoms with van der Waals surface area (Å²) in [6.45, 7) is 2.46. The zero-order valence-electron chi connectivity index (χ0n) is 8.96. The van der Waals surface area contributed by atoms with Gasteiger partial charge in [0.15, 0.2) is 0 Å². The van der Waals surface area contributed by atoms with Crippen LogP contribution < -0.4 is 5.73 Å². The average molecular weight is 227 g/mol. The minimum absolute atomic E-state index is 0.446. The van der Waals surface area contributed by atoms with Gasteiger partial charge in [0.05, 0.1) is 5.71 Å². The van der Waals surface area contributed by atoms with Crippen LogP contribution in [0.2, 0.25) is 5.02 Å². The smallest absolute Gasteiger partial charge is 0.106 e. The van der Waals surface area contributed by atoms with Gasteiger partial charge in [0.1, 0.15) is 7.11 Å². The summed E-state index contributed by atoms with van der Waals surface area (Å²) in [5, 5.41) is 4.61. The molecule has 0 saturated carbocycles. The van der Waals surface area contributed by atoms with Crippen molar-refractivity contribution >= 4 is 17.3 Å². The summed E-state index contributed by atoms with van der Waals surface area (Å²) in [6, 6.07) is 5.74. The summed E-state index contributed by atoms with van der Waals surface area (Å²) < 4.78 is 0. The molecule has 2 N–H and O–H groups in total. The highest BCUT2D eigenvalue weighted by atomic mass is 35.5. The van der Waals surface area contributed by atoms with E-state index < -0.39 is 0 Å². The highest BCUT2D eigenvalue weighted by Crippen LogP contribution is 2.18. The van der Waals surface area contributed by atoms with Crippen molar-refractivity contribution in [1.82, 2.24) is 0 Å². The lowest BCUT2D eigenvalue weighted by Gasteiger charge is -2.06. The van der Waals surface area contributed by atoms with E-state index in [0.717, 1.165) is 23.3 Å². The minimum atomic E-state index is 0.446. The van der Waals surface area contributed by atoms with E-state index in [-0.39, 0.29) is 0 Å². The first-order valence-electron chi connectivity index (χ1n) is 4.81. The van der Waals surface area contributed by atoms with E-state index in [1.165, 1.54) is 7.11 Å². The van der Waals surface area contributed by atoms with E-state index in [0.29, 0.717) is 11.6 Å². The van der Waals surface area contributed by atoms with Gasteiger partial charge in [0.2, 0.25) is 0 Å². The minimum Gasteiger partial charge on any atom is -0.399 e. The SMILES string of the molecule is CCC(=NOC)c1ccc(CN)c(Cl)c1. The Morgan fingerprint density at radius 1 is 1.53 bits per heavy atom. The highest BCUT2D eigenvalue weighted by molar-refractivity contribution is 6.31. The van der Waals surface area contributed by atoms with Crippen LogP contribution in [-0.4, -0.2) is 12.8 Å². The molecule has 0 bridgehead atoms. The lowest BCUT2D eigenvalue weighted by Crippen LogP contribution is -2.02. The van der Waals surface area contributed by atoms with E-state index in [1.54, 1.807) is 0 Å². The predicted octanol–water partition coefficient (Wildman–Crippen LogP) is 2.56. The maximum absolute atomic E-state index is 6.05. The molecule has 1 rings (SSSR count). The molecule has 82 valence electrons. The van der Waals surface area contributed by atoms with Gasteiger partial charge >= 0.3 is 0 Å². The van der Waals surface area contributed by atoms with E-state index in [4.69, 9.17) is 22.2 Å². The number of oxime groups is 1. The molecule has 0 aliphatic heterocycles. The second-order valence-corrected chi connectivity index (χ2v) is 3.49.